The summed E-state index contributed by atoms with van der Waals surface area (Å²) >= 11 is 0. The fourth-order valence-corrected chi connectivity index (χ4v) is 2.03. The third kappa shape index (κ3) is 7.34. The van der Waals surface area contributed by atoms with Gasteiger partial charge in [-0.05, 0) is 12.8 Å². The topological polar surface area (TPSA) is 50.4 Å². The summed E-state index contributed by atoms with van der Waals surface area (Å²) in [6, 6.07) is 0.438. The van der Waals surface area contributed by atoms with Crippen LogP contribution in [0.3, 0.4) is 0 Å². The number of nitrogens with one attached hydrogen (secondary N) is 2. The zero-order chi connectivity index (χ0) is 12.5. The quantitative estimate of drug-likeness (QED) is 0.633. The molecule has 1 fully saturated rings. The summed E-state index contributed by atoms with van der Waals surface area (Å²) in [5.41, 5.74) is 0. The minimum atomic E-state index is 0.105. The van der Waals surface area contributed by atoms with Crippen LogP contribution in [0, 0.1) is 0 Å². The van der Waals surface area contributed by atoms with Crippen LogP contribution in [-0.2, 0) is 9.53 Å². The third-order valence-corrected chi connectivity index (χ3v) is 2.98. The minimum absolute atomic E-state index is 0.105. The van der Waals surface area contributed by atoms with Gasteiger partial charge in [0, 0.05) is 25.6 Å². The summed E-state index contributed by atoms with van der Waals surface area (Å²) < 4.78 is 5.67. The van der Waals surface area contributed by atoms with E-state index in [2.05, 4.69) is 24.5 Å². The fourth-order valence-electron chi connectivity index (χ4n) is 2.03. The fraction of sp³-hybridized carbons (Fsp3) is 0.923. The molecule has 0 bridgehead atoms. The number of ether oxygens (including phenoxy) is 1. The molecule has 1 amide bonds. The van der Waals surface area contributed by atoms with Crippen molar-refractivity contribution in [3.8, 4) is 0 Å². The van der Waals surface area contributed by atoms with Crippen molar-refractivity contribution in [1.29, 1.82) is 0 Å². The molecule has 0 aliphatic heterocycles. The van der Waals surface area contributed by atoms with Gasteiger partial charge in [-0.25, -0.2) is 0 Å². The van der Waals surface area contributed by atoms with Gasteiger partial charge in [0.25, 0.3) is 0 Å². The highest BCUT2D eigenvalue weighted by atomic mass is 16.5. The number of hydrogen-bond acceptors (Lipinski definition) is 3. The molecule has 4 nitrogen and oxygen atoms in total. The first-order chi connectivity index (χ1) is 8.18. The lowest BCUT2D eigenvalue weighted by molar-refractivity contribution is -0.121. The molecule has 0 aromatic carbocycles. The first kappa shape index (κ1) is 14.5. The summed E-state index contributed by atoms with van der Waals surface area (Å²) in [4.78, 5) is 11.4. The normalized spacial score (nSPS) is 16.6. The van der Waals surface area contributed by atoms with Crippen LogP contribution in [0.15, 0.2) is 0 Å². The van der Waals surface area contributed by atoms with E-state index in [4.69, 9.17) is 4.74 Å². The van der Waals surface area contributed by atoms with E-state index in [1.54, 1.807) is 0 Å². The first-order valence-electron chi connectivity index (χ1n) is 6.80. The van der Waals surface area contributed by atoms with Gasteiger partial charge in [-0.15, -0.1) is 0 Å². The molecule has 2 N–H and O–H groups in total. The molecule has 1 rings (SSSR count). The maximum absolute atomic E-state index is 11.4. The number of rotatable bonds is 8. The van der Waals surface area contributed by atoms with E-state index >= 15 is 0 Å². The summed E-state index contributed by atoms with van der Waals surface area (Å²) in [6.07, 6.45) is 5.94. The standard InChI is InChI=1S/C13H26N2O2/c1-11(2)14-8-7-13(16)15-9-10-17-12-5-3-4-6-12/h11-12,14H,3-10H2,1-2H3,(H,15,16). The van der Waals surface area contributed by atoms with Crippen LogP contribution in [0.4, 0.5) is 0 Å². The number of carbonyl (C=O) groups is 1. The van der Waals surface area contributed by atoms with Gasteiger partial charge in [-0.2, -0.15) is 0 Å². The monoisotopic (exact) mass is 242 g/mol. The van der Waals surface area contributed by atoms with Crippen LogP contribution in [-0.4, -0.2) is 37.7 Å². The van der Waals surface area contributed by atoms with Gasteiger partial charge in [0.15, 0.2) is 0 Å². The number of amides is 1. The van der Waals surface area contributed by atoms with E-state index in [0.29, 0.717) is 31.7 Å². The van der Waals surface area contributed by atoms with Gasteiger partial charge < -0.3 is 15.4 Å². The highest BCUT2D eigenvalue weighted by molar-refractivity contribution is 5.76. The van der Waals surface area contributed by atoms with Crippen LogP contribution in [0.1, 0.15) is 46.0 Å². The molecule has 0 heterocycles. The van der Waals surface area contributed by atoms with E-state index in [1.165, 1.54) is 25.7 Å². The number of carbonyl (C=O) groups excluding carboxylic acids is 1. The van der Waals surface area contributed by atoms with Crippen molar-refractivity contribution in [2.45, 2.75) is 58.1 Å². The molecule has 0 aromatic rings. The van der Waals surface area contributed by atoms with Crippen molar-refractivity contribution < 1.29 is 9.53 Å². The molecule has 100 valence electrons. The Morgan fingerprint density at radius 3 is 2.65 bits per heavy atom. The summed E-state index contributed by atoms with van der Waals surface area (Å²) in [5, 5.41) is 6.10. The molecule has 0 saturated heterocycles. The van der Waals surface area contributed by atoms with Crippen molar-refractivity contribution in [1.82, 2.24) is 10.6 Å². The van der Waals surface area contributed by atoms with Gasteiger partial charge in [-0.3, -0.25) is 4.79 Å². The molecule has 4 heteroatoms. The van der Waals surface area contributed by atoms with E-state index in [1.807, 2.05) is 0 Å². The van der Waals surface area contributed by atoms with Gasteiger partial charge in [0.2, 0.25) is 5.91 Å². The Hall–Kier alpha value is -0.610. The van der Waals surface area contributed by atoms with Crippen LogP contribution >= 0.6 is 0 Å². The molecule has 1 aliphatic carbocycles. The molecule has 1 saturated carbocycles. The minimum Gasteiger partial charge on any atom is -0.376 e. The third-order valence-electron chi connectivity index (χ3n) is 2.98. The lowest BCUT2D eigenvalue weighted by Crippen LogP contribution is -2.32. The molecule has 0 spiro atoms. The highest BCUT2D eigenvalue weighted by Gasteiger charge is 2.14. The molecule has 0 aromatic heterocycles. The zero-order valence-corrected chi connectivity index (χ0v) is 11.1. The van der Waals surface area contributed by atoms with Gasteiger partial charge >= 0.3 is 0 Å². The first-order valence-corrected chi connectivity index (χ1v) is 6.80. The van der Waals surface area contributed by atoms with Crippen molar-refractivity contribution >= 4 is 5.91 Å². The maximum atomic E-state index is 11.4. The van der Waals surface area contributed by atoms with E-state index in [0.717, 1.165) is 6.54 Å². The lowest BCUT2D eigenvalue weighted by Gasteiger charge is -2.12. The predicted octanol–water partition coefficient (Wildman–Crippen LogP) is 1.45. The molecular weight excluding hydrogens is 216 g/mol. The maximum Gasteiger partial charge on any atom is 0.221 e. The van der Waals surface area contributed by atoms with Crippen LogP contribution in [0.25, 0.3) is 0 Å². The Labute approximate surface area is 104 Å². The zero-order valence-electron chi connectivity index (χ0n) is 11.1. The van der Waals surface area contributed by atoms with Gasteiger partial charge in [0.1, 0.15) is 0 Å². The van der Waals surface area contributed by atoms with Gasteiger partial charge in [-0.1, -0.05) is 26.7 Å². The Balaban J connectivity index is 1.89. The molecule has 0 atom stereocenters. The second kappa shape index (κ2) is 8.48. The Kier molecular flexibility index (Phi) is 7.21. The predicted molar refractivity (Wildman–Crippen MR) is 69.0 cm³/mol. The largest absolute Gasteiger partial charge is 0.376 e. The average Bonchev–Trinajstić information content (AvgIpc) is 2.76. The van der Waals surface area contributed by atoms with E-state index < -0.39 is 0 Å². The van der Waals surface area contributed by atoms with Crippen LogP contribution in [0.2, 0.25) is 0 Å². The molecule has 0 unspecified atom stereocenters. The summed E-state index contributed by atoms with van der Waals surface area (Å²) in [7, 11) is 0. The molecule has 17 heavy (non-hydrogen) atoms. The van der Waals surface area contributed by atoms with Crippen LogP contribution < -0.4 is 10.6 Å². The molecule has 1 aliphatic rings. The van der Waals surface area contributed by atoms with E-state index in [9.17, 15) is 4.79 Å². The molecular formula is C13H26N2O2. The Morgan fingerprint density at radius 1 is 1.29 bits per heavy atom. The summed E-state index contributed by atoms with van der Waals surface area (Å²) in [5.74, 6) is 0.105. The van der Waals surface area contributed by atoms with Crippen molar-refractivity contribution in [3.63, 3.8) is 0 Å². The van der Waals surface area contributed by atoms with E-state index in [-0.39, 0.29) is 5.91 Å². The second-order valence-electron chi connectivity index (χ2n) is 4.99. The average molecular weight is 242 g/mol. The molecule has 0 radical (unpaired) electrons. The Morgan fingerprint density at radius 2 is 2.00 bits per heavy atom. The van der Waals surface area contributed by atoms with Crippen molar-refractivity contribution in [3.05, 3.63) is 0 Å². The smallest absolute Gasteiger partial charge is 0.221 e. The Bertz CT molecular complexity index is 213. The van der Waals surface area contributed by atoms with Gasteiger partial charge in [0.05, 0.1) is 12.7 Å². The van der Waals surface area contributed by atoms with Crippen molar-refractivity contribution in [2.75, 3.05) is 19.7 Å². The van der Waals surface area contributed by atoms with Crippen molar-refractivity contribution in [2.24, 2.45) is 0 Å². The lowest BCUT2D eigenvalue weighted by atomic mass is 10.3. The second-order valence-corrected chi connectivity index (χ2v) is 4.99. The van der Waals surface area contributed by atoms with Crippen LogP contribution in [0.5, 0.6) is 0 Å². The summed E-state index contributed by atoms with van der Waals surface area (Å²) in [6.45, 7) is 6.18. The SMILES string of the molecule is CC(C)NCCC(=O)NCCOC1CCCC1. The number of hydrogen-bond donors (Lipinski definition) is 2. The highest BCUT2D eigenvalue weighted by Crippen LogP contribution is 2.20.